The van der Waals surface area contributed by atoms with Crippen molar-refractivity contribution in [3.63, 3.8) is 0 Å². The van der Waals surface area contributed by atoms with E-state index in [-0.39, 0.29) is 23.0 Å². The summed E-state index contributed by atoms with van der Waals surface area (Å²) in [7, 11) is 1.26. The molecule has 0 saturated heterocycles. The molecule has 1 saturated carbocycles. The highest BCUT2D eigenvalue weighted by molar-refractivity contribution is 6.06. The molecule has 1 amide bonds. The minimum atomic E-state index is -0.594. The number of nitrogens with zero attached hydrogens (tertiary/aromatic N) is 5. The molecule has 3 aromatic heterocycles. The second-order valence-corrected chi connectivity index (χ2v) is 6.37. The molecule has 10 heteroatoms. The van der Waals surface area contributed by atoms with E-state index in [0.29, 0.717) is 11.6 Å². The number of hydrogen-bond donors (Lipinski definition) is 2. The predicted octanol–water partition coefficient (Wildman–Crippen LogP) is 2.32. The minimum Gasteiger partial charge on any atom is -0.464 e. The van der Waals surface area contributed by atoms with Crippen LogP contribution in [0.4, 0.5) is 17.3 Å². The number of hydrogen-bond acceptors (Lipinski definition) is 9. The summed E-state index contributed by atoms with van der Waals surface area (Å²) in [6.45, 7) is 0. The number of ether oxygens (including phenoxy) is 1. The molecule has 0 atom stereocenters. The third kappa shape index (κ3) is 4.32. The average Bonchev–Trinajstić information content (AvgIpc) is 3.60. The van der Waals surface area contributed by atoms with E-state index in [4.69, 9.17) is 0 Å². The predicted molar refractivity (Wildman–Crippen MR) is 103 cm³/mol. The Morgan fingerprint density at radius 3 is 2.62 bits per heavy atom. The zero-order valence-corrected chi connectivity index (χ0v) is 15.5. The molecule has 1 fully saturated rings. The quantitative estimate of drug-likeness (QED) is 0.607. The average molecular weight is 391 g/mol. The molecule has 0 aromatic carbocycles. The van der Waals surface area contributed by atoms with Gasteiger partial charge in [-0.15, -0.1) is 0 Å². The van der Waals surface area contributed by atoms with Crippen molar-refractivity contribution in [2.45, 2.75) is 18.8 Å². The number of carbonyl (C=O) groups excluding carboxylic acids is 2. The lowest BCUT2D eigenvalue weighted by atomic mass is 10.2. The molecule has 3 aromatic rings. The number of anilines is 3. The van der Waals surface area contributed by atoms with Crippen LogP contribution in [0.2, 0.25) is 0 Å². The minimum absolute atomic E-state index is 0.0860. The third-order valence-corrected chi connectivity index (χ3v) is 4.21. The Hall–Kier alpha value is -3.95. The first-order valence-corrected chi connectivity index (χ1v) is 8.89. The fourth-order valence-corrected chi connectivity index (χ4v) is 2.63. The van der Waals surface area contributed by atoms with Gasteiger partial charge < -0.3 is 15.4 Å². The van der Waals surface area contributed by atoms with Crippen LogP contribution in [0.15, 0.2) is 43.1 Å². The number of esters is 1. The summed E-state index contributed by atoms with van der Waals surface area (Å²) in [5.41, 5.74) is 1.54. The van der Waals surface area contributed by atoms with Crippen LogP contribution >= 0.6 is 0 Å². The van der Waals surface area contributed by atoms with Gasteiger partial charge in [-0.1, -0.05) is 6.07 Å². The molecule has 0 bridgehead atoms. The first kappa shape index (κ1) is 18.4. The van der Waals surface area contributed by atoms with Crippen molar-refractivity contribution in [3.05, 3.63) is 60.2 Å². The van der Waals surface area contributed by atoms with Gasteiger partial charge in [-0.2, -0.15) is 0 Å². The molecule has 29 heavy (non-hydrogen) atoms. The van der Waals surface area contributed by atoms with Gasteiger partial charge in [0, 0.05) is 5.92 Å². The van der Waals surface area contributed by atoms with E-state index in [1.807, 2.05) is 0 Å². The van der Waals surface area contributed by atoms with Crippen molar-refractivity contribution in [3.8, 4) is 0 Å². The molecule has 1 aliphatic carbocycles. The number of nitrogens with one attached hydrogen (secondary N) is 2. The van der Waals surface area contributed by atoms with Crippen LogP contribution in [0.25, 0.3) is 0 Å². The van der Waals surface area contributed by atoms with Gasteiger partial charge in [-0.25, -0.2) is 29.7 Å². The Morgan fingerprint density at radius 2 is 1.90 bits per heavy atom. The van der Waals surface area contributed by atoms with Crippen molar-refractivity contribution in [2.75, 3.05) is 17.7 Å². The van der Waals surface area contributed by atoms with Crippen LogP contribution in [-0.4, -0.2) is 43.9 Å². The lowest BCUT2D eigenvalue weighted by Gasteiger charge is -2.11. The van der Waals surface area contributed by atoms with Gasteiger partial charge in [-0.3, -0.25) is 4.79 Å². The summed E-state index contributed by atoms with van der Waals surface area (Å²) in [5, 5.41) is 5.67. The van der Waals surface area contributed by atoms with Gasteiger partial charge in [-0.05, 0) is 25.0 Å². The summed E-state index contributed by atoms with van der Waals surface area (Å²) in [6, 6.07) is 4.67. The number of carbonyl (C=O) groups is 2. The molecule has 3 heterocycles. The fourth-order valence-electron chi connectivity index (χ4n) is 2.63. The molecule has 0 unspecified atom stereocenters. The highest BCUT2D eigenvalue weighted by Crippen LogP contribution is 2.39. The molecule has 1 aliphatic rings. The maximum atomic E-state index is 12.9. The monoisotopic (exact) mass is 391 g/mol. The maximum absolute atomic E-state index is 12.9. The van der Waals surface area contributed by atoms with Gasteiger partial charge in [0.1, 0.15) is 12.1 Å². The van der Waals surface area contributed by atoms with Gasteiger partial charge in [0.2, 0.25) is 0 Å². The lowest BCUT2D eigenvalue weighted by Crippen LogP contribution is -2.19. The van der Waals surface area contributed by atoms with Crippen molar-refractivity contribution >= 4 is 29.2 Å². The van der Waals surface area contributed by atoms with Crippen LogP contribution in [0.5, 0.6) is 0 Å². The Kier molecular flexibility index (Phi) is 5.06. The van der Waals surface area contributed by atoms with Crippen LogP contribution in [0, 0.1) is 0 Å². The molecule has 0 radical (unpaired) electrons. The van der Waals surface area contributed by atoms with Crippen molar-refractivity contribution in [2.24, 2.45) is 0 Å². The van der Waals surface area contributed by atoms with Crippen LogP contribution in [0.1, 0.15) is 45.4 Å². The summed E-state index contributed by atoms with van der Waals surface area (Å²) in [5.74, 6) is -0.308. The van der Waals surface area contributed by atoms with Crippen LogP contribution in [-0.2, 0) is 4.74 Å². The summed E-state index contributed by atoms with van der Waals surface area (Å²) < 4.78 is 4.66. The number of aromatic nitrogens is 5. The van der Waals surface area contributed by atoms with Crippen LogP contribution < -0.4 is 10.6 Å². The number of amides is 1. The molecular weight excluding hydrogens is 374 g/mol. The van der Waals surface area contributed by atoms with Gasteiger partial charge in [0.05, 0.1) is 37.1 Å². The normalized spacial score (nSPS) is 12.9. The summed E-state index contributed by atoms with van der Waals surface area (Å²) in [4.78, 5) is 45.4. The zero-order valence-electron chi connectivity index (χ0n) is 15.5. The molecule has 10 nitrogen and oxygen atoms in total. The van der Waals surface area contributed by atoms with E-state index in [1.54, 1.807) is 30.7 Å². The van der Waals surface area contributed by atoms with Crippen molar-refractivity contribution < 1.29 is 14.3 Å². The SMILES string of the molecule is COC(=O)c1cccc(NC(=O)c2nc(C3CC3)cnc2Nc2cncnc2)n1. The van der Waals surface area contributed by atoms with Gasteiger partial charge >= 0.3 is 5.97 Å². The van der Waals surface area contributed by atoms with Crippen molar-refractivity contribution in [1.29, 1.82) is 0 Å². The highest BCUT2D eigenvalue weighted by Gasteiger charge is 2.28. The summed E-state index contributed by atoms with van der Waals surface area (Å²) in [6.07, 6.45) is 8.24. The van der Waals surface area contributed by atoms with E-state index < -0.39 is 11.9 Å². The second kappa shape index (κ2) is 7.97. The Bertz CT molecular complexity index is 1050. The third-order valence-electron chi connectivity index (χ3n) is 4.21. The van der Waals surface area contributed by atoms with E-state index in [1.165, 1.54) is 19.5 Å². The van der Waals surface area contributed by atoms with Crippen LogP contribution in [0.3, 0.4) is 0 Å². The lowest BCUT2D eigenvalue weighted by molar-refractivity contribution is 0.0594. The Morgan fingerprint density at radius 1 is 1.10 bits per heavy atom. The fraction of sp³-hybridized carbons (Fsp3) is 0.211. The zero-order chi connectivity index (χ0) is 20.2. The summed E-state index contributed by atoms with van der Waals surface area (Å²) >= 11 is 0. The van der Waals surface area contributed by atoms with E-state index in [0.717, 1.165) is 18.5 Å². The molecule has 146 valence electrons. The number of methoxy groups -OCH3 is 1. The first-order chi connectivity index (χ1) is 14.1. The number of pyridine rings is 1. The highest BCUT2D eigenvalue weighted by atomic mass is 16.5. The first-order valence-electron chi connectivity index (χ1n) is 8.89. The molecule has 0 aliphatic heterocycles. The second-order valence-electron chi connectivity index (χ2n) is 6.37. The molecule has 4 rings (SSSR count). The van der Waals surface area contributed by atoms with E-state index >= 15 is 0 Å². The molecule has 2 N–H and O–H groups in total. The molecule has 0 spiro atoms. The van der Waals surface area contributed by atoms with Gasteiger partial charge in [0.15, 0.2) is 17.2 Å². The van der Waals surface area contributed by atoms with E-state index in [9.17, 15) is 9.59 Å². The maximum Gasteiger partial charge on any atom is 0.356 e. The van der Waals surface area contributed by atoms with Crippen molar-refractivity contribution in [1.82, 2.24) is 24.9 Å². The standard InChI is InChI=1S/C19H17N7O3/c1-29-19(28)13-3-2-4-15(24-13)26-18(27)16-17(23-12-7-20-10-21-8-12)22-9-14(25-16)11-5-6-11/h2-4,7-11H,5-6H2,1H3,(H,22,23)(H,24,26,27). The number of rotatable bonds is 6. The largest absolute Gasteiger partial charge is 0.464 e. The molecular formula is C19H17N7O3. The topological polar surface area (TPSA) is 132 Å². The Balaban J connectivity index is 1.62. The van der Waals surface area contributed by atoms with E-state index in [2.05, 4.69) is 40.3 Å². The van der Waals surface area contributed by atoms with Gasteiger partial charge in [0.25, 0.3) is 5.91 Å². The Labute approximate surface area is 165 Å². The smallest absolute Gasteiger partial charge is 0.356 e.